The van der Waals surface area contributed by atoms with Crippen LogP contribution in [-0.4, -0.2) is 11.8 Å². The molecule has 1 aliphatic carbocycles. The molecule has 0 heterocycles. The predicted octanol–water partition coefficient (Wildman–Crippen LogP) is 3.18. The molecule has 2 atom stereocenters. The normalized spacial score (nSPS) is 30.9. The minimum absolute atomic E-state index is 0.269. The first-order valence-corrected chi connectivity index (χ1v) is 6.30. The van der Waals surface area contributed by atoms with E-state index in [-0.39, 0.29) is 5.92 Å². The molecule has 0 spiro atoms. The fraction of sp³-hybridized carbons (Fsp3) is 0.727. The molecule has 1 saturated carbocycles. The Morgan fingerprint density at radius 3 is 2.80 bits per heavy atom. The van der Waals surface area contributed by atoms with Crippen LogP contribution in [0.5, 0.6) is 0 Å². The molecule has 15 heavy (non-hydrogen) atoms. The third kappa shape index (κ3) is 3.75. The number of hydrogen-bond acceptors (Lipinski definition) is 3. The lowest BCUT2D eigenvalue weighted by molar-refractivity contribution is 0.236. The Morgan fingerprint density at radius 2 is 2.27 bits per heavy atom. The van der Waals surface area contributed by atoms with Crippen LogP contribution in [0.15, 0.2) is 11.8 Å². The number of nitrogens with one attached hydrogen (secondary N) is 1. The predicted molar refractivity (Wildman–Crippen MR) is 71.1 cm³/mol. The fourth-order valence-corrected chi connectivity index (χ4v) is 2.67. The molecular weight excluding hydrogens is 303 g/mol. The zero-order valence-corrected chi connectivity index (χ0v) is 11.3. The molecule has 86 valence electrons. The smallest absolute Gasteiger partial charge is 0.110 e. The van der Waals surface area contributed by atoms with Crippen LogP contribution in [0, 0.1) is 11.3 Å². The molecule has 1 fully saturated rings. The molecule has 0 saturated heterocycles. The van der Waals surface area contributed by atoms with E-state index in [1.807, 2.05) is 29.9 Å². The Morgan fingerprint density at radius 1 is 1.53 bits per heavy atom. The van der Waals surface area contributed by atoms with Gasteiger partial charge < -0.3 is 14.2 Å². The highest BCUT2D eigenvalue weighted by Gasteiger charge is 2.21. The van der Waals surface area contributed by atoms with E-state index in [0.717, 1.165) is 37.8 Å². The van der Waals surface area contributed by atoms with Gasteiger partial charge in [0.25, 0.3) is 0 Å². The zero-order chi connectivity index (χ0) is 11.3. The van der Waals surface area contributed by atoms with E-state index >= 15 is 0 Å². The Balaban J connectivity index is 2.67. The van der Waals surface area contributed by atoms with Gasteiger partial charge in [-0.25, -0.2) is 0 Å². The van der Waals surface area contributed by atoms with Gasteiger partial charge in [-0.3, -0.25) is 0 Å². The molecule has 3 nitrogen and oxygen atoms in total. The average Bonchev–Trinajstić information content (AvgIpc) is 2.17. The van der Waals surface area contributed by atoms with Gasteiger partial charge in [0.1, 0.15) is 23.0 Å². The van der Waals surface area contributed by atoms with E-state index < -0.39 is 0 Å². The standard InChI is InChI=1S/C11H19IN2O/c1-8(14)11-4-2-3-10(15-12)6-5-9(11)7-13/h7,10-11,14H,2-6,13H2,1H3/b9-7-,14-8?. The third-order valence-corrected chi connectivity index (χ3v) is 3.80. The molecule has 2 unspecified atom stereocenters. The highest BCUT2D eigenvalue weighted by molar-refractivity contribution is 14.1. The largest absolute Gasteiger partial charge is 0.405 e. The average molecular weight is 322 g/mol. The summed E-state index contributed by atoms with van der Waals surface area (Å²) in [5, 5.41) is 7.76. The van der Waals surface area contributed by atoms with Crippen molar-refractivity contribution in [1.29, 1.82) is 5.41 Å². The Bertz CT molecular complexity index is 253. The van der Waals surface area contributed by atoms with Crippen molar-refractivity contribution in [3.63, 3.8) is 0 Å². The van der Waals surface area contributed by atoms with Crippen LogP contribution in [0.1, 0.15) is 39.0 Å². The van der Waals surface area contributed by atoms with Gasteiger partial charge in [0, 0.05) is 11.6 Å². The lowest BCUT2D eigenvalue weighted by atomic mass is 9.83. The summed E-state index contributed by atoms with van der Waals surface area (Å²) in [7, 11) is 0. The van der Waals surface area contributed by atoms with Gasteiger partial charge in [-0.2, -0.15) is 0 Å². The number of hydrogen-bond donors (Lipinski definition) is 2. The summed E-state index contributed by atoms with van der Waals surface area (Å²) in [6.45, 7) is 1.88. The van der Waals surface area contributed by atoms with Crippen molar-refractivity contribution in [3.8, 4) is 0 Å². The van der Waals surface area contributed by atoms with Crippen LogP contribution >= 0.6 is 23.0 Å². The molecule has 4 heteroatoms. The highest BCUT2D eigenvalue weighted by atomic mass is 127. The monoisotopic (exact) mass is 322 g/mol. The van der Waals surface area contributed by atoms with E-state index in [4.69, 9.17) is 14.2 Å². The Kier molecular flexibility index (Phi) is 5.60. The summed E-state index contributed by atoms with van der Waals surface area (Å²) >= 11 is 1.98. The van der Waals surface area contributed by atoms with Gasteiger partial charge in [-0.15, -0.1) is 0 Å². The van der Waals surface area contributed by atoms with Crippen LogP contribution in [0.3, 0.4) is 0 Å². The molecule has 0 bridgehead atoms. The van der Waals surface area contributed by atoms with Gasteiger partial charge in [-0.05, 0) is 50.8 Å². The second-order valence-electron chi connectivity index (χ2n) is 4.16. The lowest BCUT2D eigenvalue weighted by Gasteiger charge is -2.25. The van der Waals surface area contributed by atoms with Crippen LogP contribution in [-0.2, 0) is 3.07 Å². The SMILES string of the molecule is CC(=N)C1CCCC(OI)CC/C1=C/N. The highest BCUT2D eigenvalue weighted by Crippen LogP contribution is 2.29. The number of nitrogens with two attached hydrogens (primary N) is 1. The number of halogens is 1. The molecule has 0 amide bonds. The Labute approximate surface area is 106 Å². The summed E-state index contributed by atoms with van der Waals surface area (Å²) in [6.07, 6.45) is 7.29. The number of allylic oxidation sites excluding steroid dienone is 1. The maximum Gasteiger partial charge on any atom is 0.110 e. The molecule has 0 aromatic carbocycles. The van der Waals surface area contributed by atoms with E-state index in [1.165, 1.54) is 5.57 Å². The first-order chi connectivity index (χ1) is 7.19. The molecular formula is C11H19IN2O. The van der Waals surface area contributed by atoms with E-state index in [0.29, 0.717) is 6.10 Å². The molecule has 0 aromatic rings. The Hall–Kier alpha value is -0.100. The van der Waals surface area contributed by atoms with Crippen molar-refractivity contribution in [3.05, 3.63) is 11.8 Å². The third-order valence-electron chi connectivity index (χ3n) is 3.08. The summed E-state index contributed by atoms with van der Waals surface area (Å²) in [6, 6.07) is 0. The molecule has 1 aliphatic rings. The first-order valence-electron chi connectivity index (χ1n) is 5.42. The van der Waals surface area contributed by atoms with Crippen molar-refractivity contribution in [2.24, 2.45) is 11.7 Å². The summed E-state index contributed by atoms with van der Waals surface area (Å²) in [4.78, 5) is 0. The second kappa shape index (κ2) is 6.48. The zero-order valence-electron chi connectivity index (χ0n) is 9.13. The minimum Gasteiger partial charge on any atom is -0.405 e. The van der Waals surface area contributed by atoms with Crippen LogP contribution in [0.25, 0.3) is 0 Å². The van der Waals surface area contributed by atoms with Crippen molar-refractivity contribution in [2.45, 2.75) is 45.1 Å². The molecule has 1 rings (SSSR count). The van der Waals surface area contributed by atoms with E-state index in [1.54, 1.807) is 6.20 Å². The molecule has 0 radical (unpaired) electrons. The maximum atomic E-state index is 7.76. The van der Waals surface area contributed by atoms with Gasteiger partial charge >= 0.3 is 0 Å². The molecule has 3 N–H and O–H groups in total. The topological polar surface area (TPSA) is 59.1 Å². The van der Waals surface area contributed by atoms with Crippen molar-refractivity contribution >= 4 is 28.7 Å². The van der Waals surface area contributed by atoms with Gasteiger partial charge in [-0.1, -0.05) is 0 Å². The fourth-order valence-electron chi connectivity index (χ4n) is 2.16. The minimum atomic E-state index is 0.269. The maximum absolute atomic E-state index is 7.76. The van der Waals surface area contributed by atoms with Crippen molar-refractivity contribution in [2.75, 3.05) is 0 Å². The van der Waals surface area contributed by atoms with Crippen molar-refractivity contribution < 1.29 is 3.07 Å². The van der Waals surface area contributed by atoms with Crippen LogP contribution < -0.4 is 5.73 Å². The summed E-state index contributed by atoms with van der Waals surface area (Å²) in [5.41, 5.74) is 7.58. The summed E-state index contributed by atoms with van der Waals surface area (Å²) < 4.78 is 5.36. The van der Waals surface area contributed by atoms with Crippen LogP contribution in [0.4, 0.5) is 0 Å². The lowest BCUT2D eigenvalue weighted by Crippen LogP contribution is -2.20. The van der Waals surface area contributed by atoms with Crippen LogP contribution in [0.2, 0.25) is 0 Å². The van der Waals surface area contributed by atoms with E-state index in [2.05, 4.69) is 0 Å². The van der Waals surface area contributed by atoms with Gasteiger partial charge in [0.05, 0.1) is 6.10 Å². The molecule has 0 aromatic heterocycles. The quantitative estimate of drug-likeness (QED) is 0.606. The van der Waals surface area contributed by atoms with E-state index in [9.17, 15) is 0 Å². The van der Waals surface area contributed by atoms with Crippen molar-refractivity contribution in [1.82, 2.24) is 0 Å². The van der Waals surface area contributed by atoms with Gasteiger partial charge in [0.2, 0.25) is 0 Å². The second-order valence-corrected chi connectivity index (χ2v) is 4.67. The first kappa shape index (κ1) is 13.0. The number of rotatable bonds is 2. The van der Waals surface area contributed by atoms with Gasteiger partial charge in [0.15, 0.2) is 0 Å². The molecule has 0 aliphatic heterocycles. The summed E-state index contributed by atoms with van der Waals surface area (Å²) in [5.74, 6) is 0.269.